The number of hydrogen-bond donors (Lipinski definition) is 5. The highest BCUT2D eigenvalue weighted by atomic mass is 35.5. The molecule has 1 saturated heterocycles. The zero-order valence-corrected chi connectivity index (χ0v) is 32.4. The lowest BCUT2D eigenvalue weighted by molar-refractivity contribution is -0.144. The lowest BCUT2D eigenvalue weighted by atomic mass is 9.85. The lowest BCUT2D eigenvalue weighted by Crippen LogP contribution is -2.58. The van der Waals surface area contributed by atoms with E-state index in [2.05, 4.69) is 15.6 Å². The first-order valence-corrected chi connectivity index (χ1v) is 19.4. The maximum absolute atomic E-state index is 14.1. The van der Waals surface area contributed by atoms with Crippen LogP contribution in [0, 0.1) is 12.3 Å². The van der Waals surface area contributed by atoms with Crippen LogP contribution in [0.4, 0.5) is 0 Å². The number of ether oxygens (including phenoxy) is 1. The van der Waals surface area contributed by atoms with Crippen LogP contribution >= 0.6 is 22.9 Å². The van der Waals surface area contributed by atoms with Gasteiger partial charge in [-0.05, 0) is 67.2 Å². The molecule has 286 valence electrons. The van der Waals surface area contributed by atoms with Crippen molar-refractivity contribution < 1.29 is 29.0 Å². The summed E-state index contributed by atoms with van der Waals surface area (Å²) < 4.78 is 5.79. The number of primary amides is 1. The Balaban J connectivity index is 1.17. The largest absolute Gasteiger partial charge is 0.490 e. The molecule has 4 atom stereocenters. The lowest BCUT2D eigenvalue weighted by Gasteiger charge is -2.35. The Morgan fingerprint density at radius 1 is 1.13 bits per heavy atom. The number of benzene rings is 2. The molecule has 12 nitrogen and oxygen atoms in total. The number of halogens is 1. The Morgan fingerprint density at radius 2 is 1.85 bits per heavy atom. The van der Waals surface area contributed by atoms with Crippen LogP contribution < -0.4 is 26.8 Å². The summed E-state index contributed by atoms with van der Waals surface area (Å²) in [5.74, 6) is -0.993. The maximum atomic E-state index is 14.1. The Labute approximate surface area is 320 Å². The van der Waals surface area contributed by atoms with E-state index < -0.39 is 41.0 Å². The van der Waals surface area contributed by atoms with Gasteiger partial charge in [-0.25, -0.2) is 4.98 Å². The molecule has 1 saturated carbocycles. The second-order valence-corrected chi connectivity index (χ2v) is 16.6. The first-order valence-electron chi connectivity index (χ1n) is 18.1. The number of thiazole rings is 1. The van der Waals surface area contributed by atoms with Crippen molar-refractivity contribution in [3.05, 3.63) is 69.8 Å². The van der Waals surface area contributed by atoms with E-state index >= 15 is 0 Å². The molecule has 53 heavy (non-hydrogen) atoms. The number of nitrogens with two attached hydrogens (primary N) is 2. The molecule has 0 spiro atoms. The van der Waals surface area contributed by atoms with E-state index in [4.69, 9.17) is 27.8 Å². The first-order chi connectivity index (χ1) is 25.1. The zero-order valence-electron chi connectivity index (χ0n) is 30.8. The Kier molecular flexibility index (Phi) is 12.9. The summed E-state index contributed by atoms with van der Waals surface area (Å²) in [4.78, 5) is 59.1. The molecule has 5 rings (SSSR count). The van der Waals surface area contributed by atoms with Crippen molar-refractivity contribution in [2.75, 3.05) is 13.2 Å². The van der Waals surface area contributed by atoms with E-state index in [-0.39, 0.29) is 50.3 Å². The topological polar surface area (TPSA) is 190 Å². The van der Waals surface area contributed by atoms with Crippen molar-refractivity contribution in [2.45, 2.75) is 109 Å². The Bertz CT molecular complexity index is 1790. The molecule has 0 bridgehead atoms. The van der Waals surface area contributed by atoms with Crippen molar-refractivity contribution in [1.29, 1.82) is 0 Å². The van der Waals surface area contributed by atoms with E-state index in [1.54, 1.807) is 17.4 Å². The Morgan fingerprint density at radius 3 is 2.47 bits per heavy atom. The summed E-state index contributed by atoms with van der Waals surface area (Å²) in [5.41, 5.74) is 15.7. The Hall–Kier alpha value is -4.04. The number of aryl methyl sites for hydroxylation is 2. The van der Waals surface area contributed by atoms with Crippen LogP contribution in [0.5, 0.6) is 5.75 Å². The second-order valence-electron chi connectivity index (χ2n) is 15.3. The number of amides is 4. The fourth-order valence-corrected chi connectivity index (χ4v) is 7.80. The van der Waals surface area contributed by atoms with Crippen LogP contribution in [0.3, 0.4) is 0 Å². The standard InChI is InChI=1S/C39H51ClN6O6S/c1-23-34(53-22-43-23)25-11-13-26(14-12-25)39(17-18-39)45-36(50)29-19-28(47)20-46(29)37(51)35(38(2,3)4)44-32(49)10-6-8-24-7-5-9-30(33(24)40)52-21-27(41)15-16-31(42)48/h5,7,9,11-14,22,27-29,35,47H,6,8,10,15-21,41H2,1-4H3,(H2,42,48)(H,44,49)(H,45,50)/t27?,28-,29+,35?/m1/s1. The summed E-state index contributed by atoms with van der Waals surface area (Å²) in [6, 6.07) is 11.4. The summed E-state index contributed by atoms with van der Waals surface area (Å²) in [6.07, 6.45) is 2.45. The van der Waals surface area contributed by atoms with Gasteiger partial charge in [-0.15, -0.1) is 11.3 Å². The van der Waals surface area contributed by atoms with Gasteiger partial charge in [-0.1, -0.05) is 68.8 Å². The molecule has 2 aliphatic rings. The van der Waals surface area contributed by atoms with Gasteiger partial charge < -0.3 is 36.8 Å². The fraction of sp³-hybridized carbons (Fsp3) is 0.513. The predicted molar refractivity (Wildman–Crippen MR) is 205 cm³/mol. The number of nitrogens with one attached hydrogen (secondary N) is 2. The molecule has 7 N–H and O–H groups in total. The van der Waals surface area contributed by atoms with E-state index in [1.165, 1.54) is 4.90 Å². The molecule has 1 aliphatic heterocycles. The number of carbonyl (C=O) groups is 4. The predicted octanol–water partition coefficient (Wildman–Crippen LogP) is 4.36. The number of rotatable bonds is 16. The average molecular weight is 767 g/mol. The van der Waals surface area contributed by atoms with Gasteiger partial charge in [0.05, 0.1) is 32.7 Å². The van der Waals surface area contributed by atoms with Crippen LogP contribution in [0.15, 0.2) is 48.0 Å². The maximum Gasteiger partial charge on any atom is 0.246 e. The minimum absolute atomic E-state index is 0.00221. The summed E-state index contributed by atoms with van der Waals surface area (Å²) in [5, 5.41) is 17.2. The number of β-amino-alcohol motifs (C(OH)–C–C–N with tert-alkyl or cyclic N) is 1. The van der Waals surface area contributed by atoms with Gasteiger partial charge in [0, 0.05) is 31.8 Å². The molecule has 1 aliphatic carbocycles. The highest BCUT2D eigenvalue weighted by Gasteiger charge is 2.50. The van der Waals surface area contributed by atoms with E-state index in [0.29, 0.717) is 30.0 Å². The quantitative estimate of drug-likeness (QED) is 0.142. The molecule has 0 radical (unpaired) electrons. The number of aromatic nitrogens is 1. The average Bonchev–Trinajstić information content (AvgIpc) is 3.57. The minimum atomic E-state index is -0.924. The molecular formula is C39H51ClN6O6S. The van der Waals surface area contributed by atoms with Crippen molar-refractivity contribution >= 4 is 46.6 Å². The summed E-state index contributed by atoms with van der Waals surface area (Å²) >= 11 is 8.20. The summed E-state index contributed by atoms with van der Waals surface area (Å²) in [6.45, 7) is 7.73. The van der Waals surface area contributed by atoms with Crippen molar-refractivity contribution in [1.82, 2.24) is 20.5 Å². The smallest absolute Gasteiger partial charge is 0.246 e. The second kappa shape index (κ2) is 17.0. The molecule has 14 heteroatoms. The van der Waals surface area contributed by atoms with Gasteiger partial charge in [0.15, 0.2) is 0 Å². The molecular weight excluding hydrogens is 716 g/mol. The number of carbonyl (C=O) groups excluding carboxylic acids is 4. The third-order valence-electron chi connectivity index (χ3n) is 9.95. The SMILES string of the molecule is Cc1ncsc1-c1ccc(C2(NC(=O)[C@@H]3C[C@@H](O)CN3C(=O)C(NC(=O)CCCc3cccc(OCC(N)CCC(N)=O)c3Cl)C(C)(C)C)CC2)cc1. The normalized spacial score (nSPS) is 19.0. The third kappa shape index (κ3) is 10.1. The molecule has 2 fully saturated rings. The number of aliphatic hydroxyl groups excluding tert-OH is 1. The molecule has 2 heterocycles. The number of likely N-dealkylation sites (tertiary alicyclic amines) is 1. The van der Waals surface area contributed by atoms with Crippen LogP contribution in [0.25, 0.3) is 10.4 Å². The number of nitrogens with zero attached hydrogens (tertiary/aromatic N) is 2. The van der Waals surface area contributed by atoms with Crippen molar-refractivity contribution in [3.8, 4) is 16.2 Å². The van der Waals surface area contributed by atoms with Crippen LogP contribution in [-0.4, -0.2) is 76.0 Å². The fourth-order valence-electron chi connectivity index (χ4n) is 6.71. The van der Waals surface area contributed by atoms with E-state index in [1.807, 2.05) is 69.6 Å². The monoisotopic (exact) mass is 766 g/mol. The van der Waals surface area contributed by atoms with Gasteiger partial charge in [0.2, 0.25) is 23.6 Å². The van der Waals surface area contributed by atoms with Gasteiger partial charge in [0.1, 0.15) is 24.4 Å². The van der Waals surface area contributed by atoms with Gasteiger partial charge in [0.25, 0.3) is 0 Å². The molecule has 3 aromatic rings. The minimum Gasteiger partial charge on any atom is -0.490 e. The van der Waals surface area contributed by atoms with Crippen molar-refractivity contribution in [3.63, 3.8) is 0 Å². The first kappa shape index (κ1) is 40.2. The highest BCUT2D eigenvalue weighted by Crippen LogP contribution is 2.46. The van der Waals surface area contributed by atoms with Crippen LogP contribution in [0.2, 0.25) is 5.02 Å². The van der Waals surface area contributed by atoms with Gasteiger partial charge in [-0.3, -0.25) is 19.2 Å². The van der Waals surface area contributed by atoms with E-state index in [9.17, 15) is 24.3 Å². The molecule has 4 amide bonds. The van der Waals surface area contributed by atoms with Gasteiger partial charge in [-0.2, -0.15) is 0 Å². The third-order valence-corrected chi connectivity index (χ3v) is 11.4. The van der Waals surface area contributed by atoms with E-state index in [0.717, 1.165) is 40.1 Å². The van der Waals surface area contributed by atoms with Crippen LogP contribution in [0.1, 0.15) is 82.5 Å². The number of hydrogen-bond acceptors (Lipinski definition) is 9. The van der Waals surface area contributed by atoms with Gasteiger partial charge >= 0.3 is 0 Å². The highest BCUT2D eigenvalue weighted by molar-refractivity contribution is 7.13. The molecule has 2 aromatic carbocycles. The number of aliphatic hydroxyl groups is 1. The van der Waals surface area contributed by atoms with Crippen molar-refractivity contribution in [2.24, 2.45) is 16.9 Å². The zero-order chi connectivity index (χ0) is 38.5. The summed E-state index contributed by atoms with van der Waals surface area (Å²) in [7, 11) is 0. The molecule has 2 unspecified atom stereocenters. The molecule has 1 aromatic heterocycles. The van der Waals surface area contributed by atoms with Crippen LogP contribution in [-0.2, 0) is 31.1 Å².